The van der Waals surface area contributed by atoms with E-state index in [1.807, 2.05) is 19.1 Å². The molecule has 1 aromatic heterocycles. The zero-order valence-electron chi connectivity index (χ0n) is 9.88. The van der Waals surface area contributed by atoms with Crippen LogP contribution in [0.2, 0.25) is 0 Å². The first kappa shape index (κ1) is 11.7. The molecule has 0 bridgehead atoms. The summed E-state index contributed by atoms with van der Waals surface area (Å²) in [6.07, 6.45) is 3.69. The number of carbonyl (C=O) groups is 2. The molecule has 0 spiro atoms. The van der Waals surface area contributed by atoms with Crippen LogP contribution in [0.25, 0.3) is 0 Å². The molecule has 1 aliphatic rings. The van der Waals surface area contributed by atoms with Gasteiger partial charge >= 0.3 is 0 Å². The number of pyridine rings is 1. The maximum Gasteiger partial charge on any atom is 0.246 e. The number of imide groups is 1. The van der Waals surface area contributed by atoms with Gasteiger partial charge in [-0.2, -0.15) is 0 Å². The van der Waals surface area contributed by atoms with Crippen LogP contribution in [0.4, 0.5) is 0 Å². The fraction of sp³-hybridized carbons (Fsp3) is 0.417. The Kier molecular flexibility index (Phi) is 3.19. The third-order valence-corrected chi connectivity index (χ3v) is 3.02. The standard InChI is InChI=1S/C12H15N3O2/c1-8(9-4-3-5-13-7-9)14-10-6-11(16)15(2)12(10)17/h3-5,7-8,10,14H,6H2,1-2H3. The van der Waals surface area contributed by atoms with E-state index in [1.165, 1.54) is 11.9 Å². The minimum Gasteiger partial charge on any atom is -0.299 e. The highest BCUT2D eigenvalue weighted by Gasteiger charge is 2.36. The molecule has 2 amide bonds. The fourth-order valence-electron chi connectivity index (χ4n) is 1.92. The Labute approximate surface area is 99.8 Å². The first-order valence-electron chi connectivity index (χ1n) is 5.56. The second kappa shape index (κ2) is 4.63. The van der Waals surface area contributed by atoms with Crippen LogP contribution >= 0.6 is 0 Å². The van der Waals surface area contributed by atoms with Crippen LogP contribution in [0.3, 0.4) is 0 Å². The van der Waals surface area contributed by atoms with E-state index in [2.05, 4.69) is 10.3 Å². The number of nitrogens with zero attached hydrogens (tertiary/aromatic N) is 2. The first-order valence-corrected chi connectivity index (χ1v) is 5.56. The highest BCUT2D eigenvalue weighted by atomic mass is 16.2. The third kappa shape index (κ3) is 2.34. The number of likely N-dealkylation sites (tertiary alicyclic amines) is 1. The Morgan fingerprint density at radius 1 is 1.53 bits per heavy atom. The molecule has 0 saturated carbocycles. The van der Waals surface area contributed by atoms with Crippen molar-refractivity contribution in [3.05, 3.63) is 30.1 Å². The quantitative estimate of drug-likeness (QED) is 0.772. The van der Waals surface area contributed by atoms with Crippen molar-refractivity contribution in [3.63, 3.8) is 0 Å². The Balaban J connectivity index is 2.03. The highest BCUT2D eigenvalue weighted by Crippen LogP contribution is 2.16. The van der Waals surface area contributed by atoms with Gasteiger partial charge in [0.05, 0.1) is 12.5 Å². The number of carbonyl (C=O) groups excluding carboxylic acids is 2. The van der Waals surface area contributed by atoms with Crippen LogP contribution in [0.5, 0.6) is 0 Å². The lowest BCUT2D eigenvalue weighted by Crippen LogP contribution is -2.38. The molecule has 2 atom stereocenters. The van der Waals surface area contributed by atoms with Gasteiger partial charge in [0.15, 0.2) is 0 Å². The molecule has 1 N–H and O–H groups in total. The number of aromatic nitrogens is 1. The Morgan fingerprint density at radius 3 is 2.82 bits per heavy atom. The van der Waals surface area contributed by atoms with Gasteiger partial charge in [-0.1, -0.05) is 6.07 Å². The van der Waals surface area contributed by atoms with Gasteiger partial charge in [-0.05, 0) is 18.6 Å². The monoisotopic (exact) mass is 233 g/mol. The average Bonchev–Trinajstić information content (AvgIpc) is 2.58. The summed E-state index contributed by atoms with van der Waals surface area (Å²) in [5.74, 6) is -0.295. The van der Waals surface area contributed by atoms with E-state index in [0.717, 1.165) is 5.56 Å². The van der Waals surface area contributed by atoms with Gasteiger partial charge in [-0.25, -0.2) is 0 Å². The second-order valence-electron chi connectivity index (χ2n) is 4.22. The molecule has 5 nitrogen and oxygen atoms in total. The zero-order valence-corrected chi connectivity index (χ0v) is 9.88. The van der Waals surface area contributed by atoms with E-state index in [0.29, 0.717) is 0 Å². The van der Waals surface area contributed by atoms with Gasteiger partial charge in [0, 0.05) is 25.5 Å². The van der Waals surface area contributed by atoms with E-state index in [4.69, 9.17) is 0 Å². The molecular formula is C12H15N3O2. The molecule has 1 saturated heterocycles. The first-order chi connectivity index (χ1) is 8.09. The predicted octanol–water partition coefficient (Wildman–Crippen LogP) is 0.489. The smallest absolute Gasteiger partial charge is 0.246 e. The summed E-state index contributed by atoms with van der Waals surface area (Å²) in [7, 11) is 1.51. The van der Waals surface area contributed by atoms with Crippen molar-refractivity contribution in [1.82, 2.24) is 15.2 Å². The van der Waals surface area contributed by atoms with Gasteiger partial charge in [0.25, 0.3) is 0 Å². The summed E-state index contributed by atoms with van der Waals surface area (Å²) in [4.78, 5) is 28.3. The van der Waals surface area contributed by atoms with Crippen LogP contribution in [0, 0.1) is 0 Å². The van der Waals surface area contributed by atoms with Crippen molar-refractivity contribution in [2.24, 2.45) is 0 Å². The van der Waals surface area contributed by atoms with Gasteiger partial charge in [0.2, 0.25) is 11.8 Å². The van der Waals surface area contributed by atoms with Crippen molar-refractivity contribution < 1.29 is 9.59 Å². The topological polar surface area (TPSA) is 62.3 Å². The van der Waals surface area contributed by atoms with Gasteiger partial charge in [-0.3, -0.25) is 24.8 Å². The second-order valence-corrected chi connectivity index (χ2v) is 4.22. The fourth-order valence-corrected chi connectivity index (χ4v) is 1.92. The van der Waals surface area contributed by atoms with Crippen molar-refractivity contribution in [2.45, 2.75) is 25.4 Å². The predicted molar refractivity (Wildman–Crippen MR) is 62.0 cm³/mol. The van der Waals surface area contributed by atoms with E-state index >= 15 is 0 Å². The summed E-state index contributed by atoms with van der Waals surface area (Å²) >= 11 is 0. The summed E-state index contributed by atoms with van der Waals surface area (Å²) in [6, 6.07) is 3.37. The Bertz CT molecular complexity index is 433. The van der Waals surface area contributed by atoms with Crippen LogP contribution in [-0.4, -0.2) is 34.8 Å². The molecule has 17 heavy (non-hydrogen) atoms. The van der Waals surface area contributed by atoms with Crippen molar-refractivity contribution in [2.75, 3.05) is 7.05 Å². The highest BCUT2D eigenvalue weighted by molar-refractivity contribution is 6.05. The SMILES string of the molecule is CC(NC1CC(=O)N(C)C1=O)c1cccnc1. The third-order valence-electron chi connectivity index (χ3n) is 3.02. The maximum atomic E-state index is 11.7. The normalized spacial score (nSPS) is 22.0. The average molecular weight is 233 g/mol. The van der Waals surface area contributed by atoms with Crippen LogP contribution in [-0.2, 0) is 9.59 Å². The molecule has 0 aromatic carbocycles. The maximum absolute atomic E-state index is 11.7. The molecule has 1 fully saturated rings. The molecule has 2 heterocycles. The van der Waals surface area contributed by atoms with Gasteiger partial charge < -0.3 is 0 Å². The van der Waals surface area contributed by atoms with E-state index in [1.54, 1.807) is 12.4 Å². The van der Waals surface area contributed by atoms with Crippen LogP contribution in [0.15, 0.2) is 24.5 Å². The minimum absolute atomic E-state index is 0.00282. The molecule has 0 radical (unpaired) electrons. The van der Waals surface area contributed by atoms with Gasteiger partial charge in [0.1, 0.15) is 0 Å². The molecule has 0 aliphatic carbocycles. The summed E-state index contributed by atoms with van der Waals surface area (Å²) in [5.41, 5.74) is 1.00. The molecular weight excluding hydrogens is 218 g/mol. The lowest BCUT2D eigenvalue weighted by atomic mass is 10.1. The largest absolute Gasteiger partial charge is 0.299 e. The summed E-state index contributed by atoms with van der Waals surface area (Å²) < 4.78 is 0. The van der Waals surface area contributed by atoms with Crippen LogP contribution < -0.4 is 5.32 Å². The number of rotatable bonds is 3. The number of hydrogen-bond acceptors (Lipinski definition) is 4. The Hall–Kier alpha value is -1.75. The van der Waals surface area contributed by atoms with E-state index in [9.17, 15) is 9.59 Å². The van der Waals surface area contributed by atoms with Crippen molar-refractivity contribution in [3.8, 4) is 0 Å². The molecule has 90 valence electrons. The zero-order chi connectivity index (χ0) is 12.4. The summed E-state index contributed by atoms with van der Waals surface area (Å²) in [5, 5.41) is 3.15. The molecule has 1 aliphatic heterocycles. The van der Waals surface area contributed by atoms with Gasteiger partial charge in [-0.15, -0.1) is 0 Å². The lowest BCUT2D eigenvalue weighted by molar-refractivity contribution is -0.137. The van der Waals surface area contributed by atoms with Crippen LogP contribution in [0.1, 0.15) is 24.9 Å². The number of amides is 2. The lowest BCUT2D eigenvalue weighted by Gasteiger charge is -2.17. The molecule has 1 aromatic rings. The summed E-state index contributed by atoms with van der Waals surface area (Å²) in [6.45, 7) is 1.95. The van der Waals surface area contributed by atoms with E-state index < -0.39 is 6.04 Å². The number of hydrogen-bond donors (Lipinski definition) is 1. The van der Waals surface area contributed by atoms with Crippen molar-refractivity contribution >= 4 is 11.8 Å². The number of likely N-dealkylation sites (N-methyl/N-ethyl adjacent to an activating group) is 1. The number of nitrogens with one attached hydrogen (secondary N) is 1. The minimum atomic E-state index is -0.414. The van der Waals surface area contributed by atoms with E-state index in [-0.39, 0.29) is 24.3 Å². The molecule has 5 heteroatoms. The Morgan fingerprint density at radius 2 is 2.29 bits per heavy atom. The molecule has 2 unspecified atom stereocenters. The van der Waals surface area contributed by atoms with Crippen molar-refractivity contribution in [1.29, 1.82) is 0 Å². The molecule has 2 rings (SSSR count).